The van der Waals surface area contributed by atoms with Crippen molar-refractivity contribution in [3.63, 3.8) is 0 Å². The van der Waals surface area contributed by atoms with E-state index in [0.717, 1.165) is 73.2 Å². The average Bonchev–Trinajstić information content (AvgIpc) is 3.66. The Morgan fingerprint density at radius 1 is 0.918 bits per heavy atom. The zero-order valence-electron chi connectivity index (χ0n) is 35.8. The number of carbonyl (C=O) groups excluding carboxylic acids is 2. The van der Waals surface area contributed by atoms with Crippen molar-refractivity contribution >= 4 is 40.4 Å². The summed E-state index contributed by atoms with van der Waals surface area (Å²) in [5, 5.41) is 28.2. The number of hydrogen-bond acceptors (Lipinski definition) is 10. The molecular formula is C45H61F3N10O3. The highest BCUT2D eigenvalue weighted by atomic mass is 19.4. The summed E-state index contributed by atoms with van der Waals surface area (Å²) in [5.74, 6) is 0.749. The summed E-state index contributed by atoms with van der Waals surface area (Å²) in [5.41, 5.74) is 3.72. The maximum Gasteiger partial charge on any atom is 0.433 e. The topological polar surface area (TPSA) is 153 Å². The minimum Gasteiger partial charge on any atom is -0.386 e. The minimum absolute atomic E-state index is 0.0187. The molecule has 3 saturated heterocycles. The highest BCUT2D eigenvalue weighted by Gasteiger charge is 2.32. The third-order valence-corrected chi connectivity index (χ3v) is 11.9. The number of pyridine rings is 2. The largest absolute Gasteiger partial charge is 0.433 e. The molecule has 16 heteroatoms. The van der Waals surface area contributed by atoms with Gasteiger partial charge in [-0.1, -0.05) is 31.9 Å². The van der Waals surface area contributed by atoms with Gasteiger partial charge in [-0.2, -0.15) is 18.3 Å². The van der Waals surface area contributed by atoms with Crippen LogP contribution in [0.4, 0.5) is 30.4 Å². The molecule has 1 atom stereocenters. The molecule has 61 heavy (non-hydrogen) atoms. The van der Waals surface area contributed by atoms with Gasteiger partial charge in [0.2, 0.25) is 12.3 Å². The number of benzene rings is 1. The van der Waals surface area contributed by atoms with Gasteiger partial charge in [-0.15, -0.1) is 0 Å². The summed E-state index contributed by atoms with van der Waals surface area (Å²) in [7, 11) is 0. The number of piperidine rings is 2. The molecule has 0 spiro atoms. The summed E-state index contributed by atoms with van der Waals surface area (Å²) in [6.07, 6.45) is 8.53. The van der Waals surface area contributed by atoms with Crippen LogP contribution in [0.1, 0.15) is 100 Å². The summed E-state index contributed by atoms with van der Waals surface area (Å²) in [6.45, 7) is 17.6. The summed E-state index contributed by atoms with van der Waals surface area (Å²) in [6, 6.07) is 12.7. The van der Waals surface area contributed by atoms with E-state index in [4.69, 9.17) is 10.1 Å². The highest BCUT2D eigenvalue weighted by Crippen LogP contribution is 2.34. The summed E-state index contributed by atoms with van der Waals surface area (Å²) in [4.78, 5) is 36.1. The van der Waals surface area contributed by atoms with Crippen molar-refractivity contribution in [2.75, 3.05) is 54.8 Å². The Kier molecular flexibility index (Phi) is 15.1. The van der Waals surface area contributed by atoms with E-state index in [1.54, 1.807) is 13.8 Å². The molecule has 13 nitrogen and oxygen atoms in total. The van der Waals surface area contributed by atoms with Crippen molar-refractivity contribution in [1.29, 1.82) is 0 Å². The van der Waals surface area contributed by atoms with Gasteiger partial charge < -0.3 is 31.3 Å². The van der Waals surface area contributed by atoms with Crippen LogP contribution in [0.25, 0.3) is 10.9 Å². The SMILES string of the molecule is C=C1CCC(Nc2ccc(N3CCC(N4CCNCC4)CC3)c(C)n2)C(=O)N1.CC(C)(O)c1cc2nn(C3CCCCC3)cc2cc1NC=O.Cc1cccc(C(F)(F)F)n1. The Morgan fingerprint density at radius 3 is 2.25 bits per heavy atom. The fourth-order valence-corrected chi connectivity index (χ4v) is 8.59. The first-order chi connectivity index (χ1) is 29.1. The van der Waals surface area contributed by atoms with Crippen molar-refractivity contribution in [2.24, 2.45) is 0 Å². The van der Waals surface area contributed by atoms with Crippen LogP contribution in [0, 0.1) is 13.8 Å². The number of amides is 2. The van der Waals surface area contributed by atoms with Crippen molar-refractivity contribution in [3.05, 3.63) is 83.6 Å². The lowest BCUT2D eigenvalue weighted by Gasteiger charge is -2.41. The monoisotopic (exact) mass is 846 g/mol. The molecule has 4 aliphatic rings. The van der Waals surface area contributed by atoms with Crippen LogP contribution in [0.5, 0.6) is 0 Å². The number of rotatable bonds is 8. The lowest BCUT2D eigenvalue weighted by Crippen LogP contribution is -2.52. The molecule has 0 radical (unpaired) electrons. The third kappa shape index (κ3) is 12.3. The number of aryl methyl sites for hydroxylation is 2. The van der Waals surface area contributed by atoms with E-state index in [0.29, 0.717) is 35.4 Å². The van der Waals surface area contributed by atoms with Gasteiger partial charge in [-0.25, -0.2) is 9.97 Å². The molecule has 3 aromatic heterocycles. The molecular weight excluding hydrogens is 786 g/mol. The number of anilines is 3. The Labute approximate surface area is 356 Å². The minimum atomic E-state index is -4.33. The van der Waals surface area contributed by atoms with Gasteiger partial charge in [-0.05, 0) is 103 Å². The summed E-state index contributed by atoms with van der Waals surface area (Å²) < 4.78 is 37.8. The normalized spacial score (nSPS) is 19.6. The number of nitrogens with one attached hydrogen (secondary N) is 4. The Bertz CT molecular complexity index is 2110. The van der Waals surface area contributed by atoms with E-state index in [1.807, 2.05) is 18.2 Å². The third-order valence-electron chi connectivity index (χ3n) is 11.9. The van der Waals surface area contributed by atoms with Crippen LogP contribution in [0.2, 0.25) is 0 Å². The number of carbonyl (C=O) groups is 2. The van der Waals surface area contributed by atoms with Gasteiger partial charge in [0.1, 0.15) is 17.6 Å². The standard InChI is InChI=1S/C21H32N6O.C17H23N3O2.C7H6F3N/c1-15-3-4-18(21(28)23-15)25-20-6-5-19(16(2)24-20)27-11-7-17(8-12-27)26-13-9-22-10-14-26;1-17(2,22)14-9-15-12(8-16(14)18-11-21)10-20(19-15)13-6-4-3-5-7-13;1-5-3-2-4-6(11-5)7(8,9)10/h5-6,17-18,22H,1,3-4,7-14H2,2H3,(H,23,28)(H,24,25);8-11,13,22H,3-7H2,1-2H3,(H,18,21);2-4H,1H3. The lowest BCUT2D eigenvalue weighted by atomic mass is 9.95. The zero-order chi connectivity index (χ0) is 43.7. The molecule has 4 fully saturated rings. The first kappa shape index (κ1) is 45.5. The number of aliphatic hydroxyl groups is 1. The molecule has 4 aromatic rings. The van der Waals surface area contributed by atoms with Gasteiger partial charge in [0.15, 0.2) is 0 Å². The Hall–Kier alpha value is -5.06. The number of piperazine rings is 1. The highest BCUT2D eigenvalue weighted by molar-refractivity contribution is 5.88. The van der Waals surface area contributed by atoms with Crippen LogP contribution >= 0.6 is 0 Å². The van der Waals surface area contributed by atoms with E-state index in [9.17, 15) is 27.9 Å². The lowest BCUT2D eigenvalue weighted by molar-refractivity contribution is -0.141. The van der Waals surface area contributed by atoms with E-state index in [2.05, 4.69) is 66.5 Å². The fourth-order valence-electron chi connectivity index (χ4n) is 8.59. The molecule has 330 valence electrons. The second-order valence-corrected chi connectivity index (χ2v) is 17.0. The second-order valence-electron chi connectivity index (χ2n) is 17.0. The maximum absolute atomic E-state index is 12.1. The maximum atomic E-state index is 12.1. The van der Waals surface area contributed by atoms with Crippen LogP contribution in [-0.4, -0.2) is 93.4 Å². The number of fused-ring (bicyclic) bond motifs is 1. The van der Waals surface area contributed by atoms with Crippen molar-refractivity contribution < 1.29 is 27.9 Å². The van der Waals surface area contributed by atoms with Crippen molar-refractivity contribution in [1.82, 2.24) is 35.3 Å². The van der Waals surface area contributed by atoms with Crippen molar-refractivity contribution in [2.45, 2.75) is 115 Å². The molecule has 5 N–H and O–H groups in total. The first-order valence-electron chi connectivity index (χ1n) is 21.5. The fraction of sp³-hybridized carbons (Fsp3) is 0.533. The number of alkyl halides is 3. The smallest absolute Gasteiger partial charge is 0.386 e. The van der Waals surface area contributed by atoms with Crippen LogP contribution in [-0.2, 0) is 21.4 Å². The number of hydrogen-bond donors (Lipinski definition) is 5. The number of halogens is 3. The number of aromatic nitrogens is 4. The predicted octanol–water partition coefficient (Wildman–Crippen LogP) is 7.21. The van der Waals surface area contributed by atoms with E-state index in [1.165, 1.54) is 82.8 Å². The molecule has 2 amide bonds. The van der Waals surface area contributed by atoms with Gasteiger partial charge in [0.05, 0.1) is 28.5 Å². The molecule has 1 aliphatic carbocycles. The van der Waals surface area contributed by atoms with Crippen LogP contribution in [0.15, 0.2) is 60.9 Å². The second kappa shape index (κ2) is 20.2. The van der Waals surface area contributed by atoms with Gasteiger partial charge >= 0.3 is 6.18 Å². The molecule has 1 aromatic carbocycles. The first-order valence-corrected chi connectivity index (χ1v) is 21.5. The average molecular weight is 847 g/mol. The van der Waals surface area contributed by atoms with Crippen LogP contribution in [0.3, 0.4) is 0 Å². The Balaban J connectivity index is 0.000000167. The molecule has 6 heterocycles. The zero-order valence-corrected chi connectivity index (χ0v) is 35.8. The number of nitrogens with zero attached hydrogens (tertiary/aromatic N) is 6. The Morgan fingerprint density at radius 2 is 1.64 bits per heavy atom. The molecule has 8 rings (SSSR count). The molecule has 1 unspecified atom stereocenters. The molecule has 0 bridgehead atoms. The van der Waals surface area contributed by atoms with Gasteiger partial charge in [0.25, 0.3) is 0 Å². The summed E-state index contributed by atoms with van der Waals surface area (Å²) >= 11 is 0. The van der Waals surface area contributed by atoms with E-state index in [-0.39, 0.29) is 11.9 Å². The van der Waals surface area contributed by atoms with E-state index < -0.39 is 17.5 Å². The number of allylic oxidation sites excluding steroid dienone is 1. The van der Waals surface area contributed by atoms with Crippen LogP contribution < -0.4 is 26.2 Å². The van der Waals surface area contributed by atoms with E-state index >= 15 is 0 Å². The van der Waals surface area contributed by atoms with Crippen molar-refractivity contribution in [3.8, 4) is 0 Å². The predicted molar refractivity (Wildman–Crippen MR) is 233 cm³/mol. The quantitative estimate of drug-likeness (QED) is 0.115. The van der Waals surface area contributed by atoms with Gasteiger partial charge in [0, 0.05) is 79.5 Å². The van der Waals surface area contributed by atoms with Gasteiger partial charge in [-0.3, -0.25) is 19.2 Å². The molecule has 1 saturated carbocycles. The molecule has 3 aliphatic heterocycles.